The van der Waals surface area contributed by atoms with E-state index < -0.39 is 0 Å². The predicted octanol–water partition coefficient (Wildman–Crippen LogP) is 1.33. The molecule has 0 saturated carbocycles. The molecule has 1 amide bonds. The topological polar surface area (TPSA) is 83.3 Å². The molecule has 1 aromatic heterocycles. The Morgan fingerprint density at radius 2 is 2.15 bits per heavy atom. The molecule has 0 aliphatic carbocycles. The number of carbonyl (C=O) groups excluding carboxylic acids is 1. The number of nitrogen functional groups attached to an aromatic ring is 1. The van der Waals surface area contributed by atoms with Crippen molar-refractivity contribution in [3.8, 4) is 0 Å². The second kappa shape index (κ2) is 5.18. The average Bonchev–Trinajstić information content (AvgIpc) is 2.47. The third-order valence-electron chi connectivity index (χ3n) is 3.24. The minimum Gasteiger partial charge on any atom is -0.356 e. The smallest absolute Gasteiger partial charge is 0.243 e. The number of hydrogen-bond donors (Lipinski definition) is 3. The molecular formula is C14H15N5O. The summed E-state index contributed by atoms with van der Waals surface area (Å²) in [6.07, 6.45) is 1.68. The maximum Gasteiger partial charge on any atom is 0.243 e. The van der Waals surface area contributed by atoms with E-state index >= 15 is 0 Å². The van der Waals surface area contributed by atoms with Gasteiger partial charge in [-0.2, -0.15) is 0 Å². The SMILES string of the molecule is NNc1ncccc1CN1CC(=O)Nc2ccccc21. The lowest BCUT2D eigenvalue weighted by molar-refractivity contribution is -0.115. The summed E-state index contributed by atoms with van der Waals surface area (Å²) in [7, 11) is 0. The van der Waals surface area contributed by atoms with Crippen molar-refractivity contribution in [1.29, 1.82) is 0 Å². The number of benzene rings is 1. The number of para-hydroxylation sites is 2. The normalized spacial score (nSPS) is 13.7. The summed E-state index contributed by atoms with van der Waals surface area (Å²) in [6.45, 7) is 0.883. The molecule has 0 saturated heterocycles. The van der Waals surface area contributed by atoms with Crippen LogP contribution in [-0.2, 0) is 11.3 Å². The van der Waals surface area contributed by atoms with Crippen LogP contribution in [0.4, 0.5) is 17.2 Å². The Morgan fingerprint density at radius 3 is 3.00 bits per heavy atom. The number of aromatic nitrogens is 1. The van der Waals surface area contributed by atoms with Crippen LogP contribution < -0.4 is 21.5 Å². The highest BCUT2D eigenvalue weighted by atomic mass is 16.2. The Labute approximate surface area is 116 Å². The van der Waals surface area contributed by atoms with Crippen molar-refractivity contribution >= 4 is 23.1 Å². The molecule has 2 heterocycles. The van der Waals surface area contributed by atoms with Crippen LogP contribution in [0.25, 0.3) is 0 Å². The number of carbonyl (C=O) groups is 1. The minimum absolute atomic E-state index is 0.0187. The van der Waals surface area contributed by atoms with Crippen LogP contribution in [0.5, 0.6) is 0 Å². The number of amides is 1. The van der Waals surface area contributed by atoms with Crippen LogP contribution >= 0.6 is 0 Å². The first kappa shape index (κ1) is 12.4. The van der Waals surface area contributed by atoms with Gasteiger partial charge >= 0.3 is 0 Å². The van der Waals surface area contributed by atoms with E-state index in [1.165, 1.54) is 0 Å². The maximum absolute atomic E-state index is 11.8. The molecule has 6 nitrogen and oxygen atoms in total. The number of fused-ring (bicyclic) bond motifs is 1. The van der Waals surface area contributed by atoms with Gasteiger partial charge in [-0.1, -0.05) is 18.2 Å². The van der Waals surface area contributed by atoms with Crippen molar-refractivity contribution in [1.82, 2.24) is 4.98 Å². The Kier molecular flexibility index (Phi) is 3.22. The lowest BCUT2D eigenvalue weighted by atomic mass is 10.1. The van der Waals surface area contributed by atoms with E-state index in [0.29, 0.717) is 18.9 Å². The van der Waals surface area contributed by atoms with Gasteiger partial charge in [-0.3, -0.25) is 4.79 Å². The summed E-state index contributed by atoms with van der Waals surface area (Å²) in [4.78, 5) is 18.0. The molecular weight excluding hydrogens is 254 g/mol. The zero-order chi connectivity index (χ0) is 13.9. The summed E-state index contributed by atoms with van der Waals surface area (Å²) in [6, 6.07) is 11.5. The molecule has 0 spiro atoms. The molecule has 0 fully saturated rings. The first-order valence-electron chi connectivity index (χ1n) is 6.32. The van der Waals surface area contributed by atoms with Gasteiger partial charge in [-0.15, -0.1) is 0 Å². The lowest BCUT2D eigenvalue weighted by Gasteiger charge is -2.31. The van der Waals surface area contributed by atoms with Gasteiger partial charge in [0.2, 0.25) is 5.91 Å². The standard InChI is InChI=1S/C14H15N5O/c15-18-14-10(4-3-7-16-14)8-19-9-13(20)17-11-5-1-2-6-12(11)19/h1-7H,8-9,15H2,(H,16,18)(H,17,20). The number of hydrogen-bond acceptors (Lipinski definition) is 5. The largest absolute Gasteiger partial charge is 0.356 e. The molecule has 0 atom stereocenters. The van der Waals surface area contributed by atoms with E-state index in [4.69, 9.17) is 5.84 Å². The van der Waals surface area contributed by atoms with Crippen molar-refractivity contribution in [2.75, 3.05) is 22.2 Å². The molecule has 2 aromatic rings. The van der Waals surface area contributed by atoms with Crippen molar-refractivity contribution in [3.63, 3.8) is 0 Å². The molecule has 102 valence electrons. The fourth-order valence-corrected chi connectivity index (χ4v) is 2.35. The summed E-state index contributed by atoms with van der Waals surface area (Å²) >= 11 is 0. The molecule has 3 rings (SSSR count). The zero-order valence-electron chi connectivity index (χ0n) is 10.8. The van der Waals surface area contributed by atoms with Gasteiger partial charge in [0.05, 0.1) is 17.9 Å². The van der Waals surface area contributed by atoms with Crippen LogP contribution in [0.3, 0.4) is 0 Å². The summed E-state index contributed by atoms with van der Waals surface area (Å²) in [5.41, 5.74) is 5.35. The van der Waals surface area contributed by atoms with Crippen molar-refractivity contribution in [3.05, 3.63) is 48.2 Å². The van der Waals surface area contributed by atoms with Crippen molar-refractivity contribution < 1.29 is 4.79 Å². The lowest BCUT2D eigenvalue weighted by Crippen LogP contribution is -2.37. The molecule has 1 aliphatic heterocycles. The molecule has 0 unspecified atom stereocenters. The minimum atomic E-state index is -0.0187. The van der Waals surface area contributed by atoms with Gasteiger partial charge in [-0.25, -0.2) is 10.8 Å². The third-order valence-corrected chi connectivity index (χ3v) is 3.24. The molecule has 1 aromatic carbocycles. The van der Waals surface area contributed by atoms with Crippen LogP contribution in [0.15, 0.2) is 42.6 Å². The third kappa shape index (κ3) is 2.28. The molecule has 20 heavy (non-hydrogen) atoms. The number of pyridine rings is 1. The molecule has 0 bridgehead atoms. The van der Waals surface area contributed by atoms with Crippen LogP contribution in [0.2, 0.25) is 0 Å². The Balaban J connectivity index is 1.93. The molecule has 4 N–H and O–H groups in total. The highest BCUT2D eigenvalue weighted by molar-refractivity contribution is 6.01. The first-order valence-corrected chi connectivity index (χ1v) is 6.32. The molecule has 1 aliphatic rings. The van der Waals surface area contributed by atoms with E-state index in [1.54, 1.807) is 6.20 Å². The Morgan fingerprint density at radius 1 is 1.30 bits per heavy atom. The maximum atomic E-state index is 11.8. The quantitative estimate of drug-likeness (QED) is 0.578. The van der Waals surface area contributed by atoms with Crippen LogP contribution in [0, 0.1) is 0 Å². The monoisotopic (exact) mass is 269 g/mol. The number of nitrogens with two attached hydrogens (primary N) is 1. The van der Waals surface area contributed by atoms with Crippen LogP contribution in [0.1, 0.15) is 5.56 Å². The number of anilines is 3. The average molecular weight is 269 g/mol. The summed E-state index contributed by atoms with van der Waals surface area (Å²) < 4.78 is 0. The van der Waals surface area contributed by atoms with Crippen LogP contribution in [-0.4, -0.2) is 17.4 Å². The second-order valence-corrected chi connectivity index (χ2v) is 4.58. The van der Waals surface area contributed by atoms with Gasteiger partial charge in [-0.05, 0) is 18.2 Å². The predicted molar refractivity (Wildman–Crippen MR) is 78.2 cm³/mol. The number of hydrazine groups is 1. The van der Waals surface area contributed by atoms with Gasteiger partial charge in [0.25, 0.3) is 0 Å². The highest BCUT2D eigenvalue weighted by Gasteiger charge is 2.22. The number of nitrogens with one attached hydrogen (secondary N) is 2. The van der Waals surface area contributed by atoms with Gasteiger partial charge in [0.15, 0.2) is 0 Å². The van der Waals surface area contributed by atoms with E-state index in [1.807, 2.05) is 41.3 Å². The van der Waals surface area contributed by atoms with E-state index in [0.717, 1.165) is 16.9 Å². The number of rotatable bonds is 3. The molecule has 6 heteroatoms. The highest BCUT2D eigenvalue weighted by Crippen LogP contribution is 2.30. The fraction of sp³-hybridized carbons (Fsp3) is 0.143. The first-order chi connectivity index (χ1) is 9.78. The van der Waals surface area contributed by atoms with E-state index in [2.05, 4.69) is 15.7 Å². The Bertz CT molecular complexity index is 643. The van der Waals surface area contributed by atoms with E-state index in [-0.39, 0.29) is 5.91 Å². The van der Waals surface area contributed by atoms with Gasteiger partial charge in [0.1, 0.15) is 5.82 Å². The van der Waals surface area contributed by atoms with Gasteiger partial charge < -0.3 is 15.6 Å². The number of nitrogens with zero attached hydrogens (tertiary/aromatic N) is 2. The Hall–Kier alpha value is -2.60. The second-order valence-electron chi connectivity index (χ2n) is 4.58. The van der Waals surface area contributed by atoms with Crippen molar-refractivity contribution in [2.24, 2.45) is 5.84 Å². The fourth-order valence-electron chi connectivity index (χ4n) is 2.35. The summed E-state index contributed by atoms with van der Waals surface area (Å²) in [5.74, 6) is 6.07. The van der Waals surface area contributed by atoms with Gasteiger partial charge in [0, 0.05) is 18.3 Å². The zero-order valence-corrected chi connectivity index (χ0v) is 10.8. The van der Waals surface area contributed by atoms with Crippen molar-refractivity contribution in [2.45, 2.75) is 6.54 Å². The summed E-state index contributed by atoms with van der Waals surface area (Å²) in [5, 5.41) is 2.87. The van der Waals surface area contributed by atoms with E-state index in [9.17, 15) is 4.79 Å². The molecule has 0 radical (unpaired) electrons.